The molecule has 1 aromatic carbocycles. The van der Waals surface area contributed by atoms with Gasteiger partial charge < -0.3 is 20.1 Å². The molecule has 0 saturated heterocycles. The number of H-pyrrole nitrogens is 1. The van der Waals surface area contributed by atoms with Crippen molar-refractivity contribution in [1.29, 1.82) is 0 Å². The fraction of sp³-hybridized carbons (Fsp3) is 0.231. The van der Waals surface area contributed by atoms with Gasteiger partial charge in [0, 0.05) is 12.0 Å². The van der Waals surface area contributed by atoms with Crippen molar-refractivity contribution in [3.8, 4) is 17.0 Å². The number of rotatable bonds is 3. The van der Waals surface area contributed by atoms with Crippen molar-refractivity contribution in [2.45, 2.75) is 6.42 Å². The Morgan fingerprint density at radius 3 is 3.16 bits per heavy atom. The fourth-order valence-electron chi connectivity index (χ4n) is 1.99. The van der Waals surface area contributed by atoms with Crippen molar-refractivity contribution in [2.75, 3.05) is 18.5 Å². The normalized spacial score (nSPS) is 13.6. The smallest absolute Gasteiger partial charge is 0.262 e. The molecule has 0 atom stereocenters. The van der Waals surface area contributed by atoms with Gasteiger partial charge in [-0.3, -0.25) is 4.79 Å². The van der Waals surface area contributed by atoms with Crippen LogP contribution in [-0.4, -0.2) is 34.2 Å². The van der Waals surface area contributed by atoms with Crippen molar-refractivity contribution in [2.24, 2.45) is 0 Å². The third kappa shape index (κ3) is 2.30. The van der Waals surface area contributed by atoms with E-state index in [1.54, 1.807) is 6.20 Å². The molecule has 6 heteroatoms. The van der Waals surface area contributed by atoms with Gasteiger partial charge in [0.15, 0.2) is 6.61 Å². The van der Waals surface area contributed by atoms with E-state index in [2.05, 4.69) is 15.3 Å². The molecule has 0 unspecified atom stereocenters. The maximum atomic E-state index is 11.3. The van der Waals surface area contributed by atoms with Gasteiger partial charge >= 0.3 is 0 Å². The summed E-state index contributed by atoms with van der Waals surface area (Å²) < 4.78 is 5.30. The van der Waals surface area contributed by atoms with Crippen LogP contribution >= 0.6 is 0 Å². The van der Waals surface area contributed by atoms with Gasteiger partial charge in [-0.15, -0.1) is 0 Å². The summed E-state index contributed by atoms with van der Waals surface area (Å²) in [5.74, 6) is 1.24. The van der Waals surface area contributed by atoms with Crippen molar-refractivity contribution < 1.29 is 14.6 Å². The molecule has 1 aromatic heterocycles. The number of hydrogen-bond donors (Lipinski definition) is 3. The minimum absolute atomic E-state index is 0.0526. The second-order valence-electron chi connectivity index (χ2n) is 4.26. The van der Waals surface area contributed by atoms with Crippen LogP contribution in [0.25, 0.3) is 11.3 Å². The molecule has 6 nitrogen and oxygen atoms in total. The summed E-state index contributed by atoms with van der Waals surface area (Å²) in [4.78, 5) is 18.6. The molecule has 0 aliphatic carbocycles. The molecule has 3 N–H and O–H groups in total. The highest BCUT2D eigenvalue weighted by Gasteiger charge is 2.16. The summed E-state index contributed by atoms with van der Waals surface area (Å²) in [6.07, 6.45) is 2.20. The molecule has 2 aromatic rings. The van der Waals surface area contributed by atoms with Crippen LogP contribution in [0.4, 0.5) is 5.69 Å². The van der Waals surface area contributed by atoms with Gasteiger partial charge in [0.05, 0.1) is 24.2 Å². The maximum Gasteiger partial charge on any atom is 0.262 e. The fourth-order valence-corrected chi connectivity index (χ4v) is 1.99. The van der Waals surface area contributed by atoms with Crippen LogP contribution in [0.3, 0.4) is 0 Å². The second kappa shape index (κ2) is 4.74. The van der Waals surface area contributed by atoms with Gasteiger partial charge in [0.2, 0.25) is 0 Å². The highest BCUT2D eigenvalue weighted by atomic mass is 16.5. The van der Waals surface area contributed by atoms with Crippen LogP contribution < -0.4 is 10.1 Å². The quantitative estimate of drug-likeness (QED) is 0.765. The van der Waals surface area contributed by atoms with E-state index in [0.717, 1.165) is 17.1 Å². The first-order valence-electron chi connectivity index (χ1n) is 5.98. The molecule has 3 rings (SSSR count). The van der Waals surface area contributed by atoms with Gasteiger partial charge in [0.25, 0.3) is 5.91 Å². The minimum Gasteiger partial charge on any atom is -0.482 e. The molecule has 1 amide bonds. The Morgan fingerprint density at radius 2 is 2.32 bits per heavy atom. The highest BCUT2D eigenvalue weighted by molar-refractivity contribution is 5.96. The number of nitrogens with zero attached hydrogens (tertiary/aromatic N) is 1. The third-order valence-electron chi connectivity index (χ3n) is 2.90. The molecule has 1 aliphatic heterocycles. The lowest BCUT2D eigenvalue weighted by atomic mass is 10.1. The van der Waals surface area contributed by atoms with E-state index in [0.29, 0.717) is 17.9 Å². The zero-order valence-corrected chi connectivity index (χ0v) is 10.1. The zero-order chi connectivity index (χ0) is 13.2. The number of imidazole rings is 1. The molecule has 0 fully saturated rings. The number of aliphatic hydroxyl groups excluding tert-OH is 1. The van der Waals surface area contributed by atoms with E-state index in [4.69, 9.17) is 9.84 Å². The lowest BCUT2D eigenvalue weighted by Crippen LogP contribution is -2.25. The molecule has 0 saturated carbocycles. The second-order valence-corrected chi connectivity index (χ2v) is 4.26. The molecule has 0 radical (unpaired) electrons. The number of carbonyl (C=O) groups excluding carboxylic acids is 1. The number of carbonyl (C=O) groups is 1. The Morgan fingerprint density at radius 1 is 1.42 bits per heavy atom. The van der Waals surface area contributed by atoms with Crippen LogP contribution in [0.2, 0.25) is 0 Å². The van der Waals surface area contributed by atoms with Crippen LogP contribution in [0, 0.1) is 0 Å². The van der Waals surface area contributed by atoms with Crippen molar-refractivity contribution in [3.63, 3.8) is 0 Å². The number of hydrogen-bond acceptors (Lipinski definition) is 4. The Bertz CT molecular complexity index is 621. The van der Waals surface area contributed by atoms with Gasteiger partial charge in [-0.05, 0) is 18.2 Å². The first-order chi connectivity index (χ1) is 9.26. The van der Waals surface area contributed by atoms with E-state index in [9.17, 15) is 4.79 Å². The number of amides is 1. The number of ether oxygens (including phenoxy) is 1. The van der Waals surface area contributed by atoms with Crippen LogP contribution in [0.15, 0.2) is 24.4 Å². The van der Waals surface area contributed by atoms with E-state index in [-0.39, 0.29) is 19.1 Å². The summed E-state index contributed by atoms with van der Waals surface area (Å²) in [5.41, 5.74) is 2.40. The molecule has 2 heterocycles. The lowest BCUT2D eigenvalue weighted by Gasteiger charge is -2.18. The predicted octanol–water partition coefficient (Wildman–Crippen LogP) is 0.942. The summed E-state index contributed by atoms with van der Waals surface area (Å²) in [6, 6.07) is 5.55. The number of benzene rings is 1. The van der Waals surface area contributed by atoms with Gasteiger partial charge in [-0.1, -0.05) is 0 Å². The van der Waals surface area contributed by atoms with E-state index in [1.165, 1.54) is 0 Å². The summed E-state index contributed by atoms with van der Waals surface area (Å²) in [5, 5.41) is 11.6. The van der Waals surface area contributed by atoms with Gasteiger partial charge in [-0.2, -0.15) is 0 Å². The number of fused-ring (bicyclic) bond motifs is 1. The highest BCUT2D eigenvalue weighted by Crippen LogP contribution is 2.31. The molecular weight excluding hydrogens is 246 g/mol. The largest absolute Gasteiger partial charge is 0.482 e. The SMILES string of the molecule is O=C1COc2ccc(-c3cnc(CCO)[nH]3)cc2N1. The molecule has 98 valence electrons. The van der Waals surface area contributed by atoms with Crippen molar-refractivity contribution in [1.82, 2.24) is 9.97 Å². The Balaban J connectivity index is 1.92. The monoisotopic (exact) mass is 259 g/mol. The van der Waals surface area contributed by atoms with E-state index >= 15 is 0 Å². The van der Waals surface area contributed by atoms with Crippen molar-refractivity contribution in [3.05, 3.63) is 30.2 Å². The number of aliphatic hydroxyl groups is 1. The molecule has 0 bridgehead atoms. The van der Waals surface area contributed by atoms with Gasteiger partial charge in [0.1, 0.15) is 11.6 Å². The maximum absolute atomic E-state index is 11.3. The molecular formula is C13H13N3O3. The summed E-state index contributed by atoms with van der Waals surface area (Å²) in [6.45, 7) is 0.109. The Labute approximate surface area is 109 Å². The average molecular weight is 259 g/mol. The minimum atomic E-state index is -0.157. The van der Waals surface area contributed by atoms with Crippen LogP contribution in [0.5, 0.6) is 5.75 Å². The topological polar surface area (TPSA) is 87.2 Å². The standard InChI is InChI=1S/C13H13N3O3/c17-4-3-12-14-6-10(15-12)8-1-2-11-9(5-8)16-13(18)7-19-11/h1-2,5-6,17H,3-4,7H2,(H,14,15)(H,16,18). The van der Waals surface area contributed by atoms with Crippen LogP contribution in [0.1, 0.15) is 5.82 Å². The molecule has 0 spiro atoms. The molecule has 19 heavy (non-hydrogen) atoms. The lowest BCUT2D eigenvalue weighted by molar-refractivity contribution is -0.118. The number of aromatic amines is 1. The number of aromatic nitrogens is 2. The molecule has 1 aliphatic rings. The Kier molecular flexibility index (Phi) is 2.92. The number of nitrogens with one attached hydrogen (secondary N) is 2. The predicted molar refractivity (Wildman–Crippen MR) is 68.9 cm³/mol. The summed E-state index contributed by atoms with van der Waals surface area (Å²) in [7, 11) is 0. The van der Waals surface area contributed by atoms with Crippen molar-refractivity contribution >= 4 is 11.6 Å². The van der Waals surface area contributed by atoms with E-state index in [1.807, 2.05) is 18.2 Å². The van der Waals surface area contributed by atoms with E-state index < -0.39 is 0 Å². The van der Waals surface area contributed by atoms with Crippen LogP contribution in [-0.2, 0) is 11.2 Å². The van der Waals surface area contributed by atoms with Gasteiger partial charge in [-0.25, -0.2) is 4.98 Å². The zero-order valence-electron chi connectivity index (χ0n) is 10.1. The average Bonchev–Trinajstić information content (AvgIpc) is 2.87. The number of anilines is 1. The summed E-state index contributed by atoms with van der Waals surface area (Å²) >= 11 is 0. The Hall–Kier alpha value is -2.34. The first-order valence-corrected chi connectivity index (χ1v) is 5.98. The third-order valence-corrected chi connectivity index (χ3v) is 2.90. The first kappa shape index (κ1) is 11.7.